The van der Waals surface area contributed by atoms with Crippen molar-refractivity contribution >= 4 is 31.9 Å². The Hall–Kier alpha value is 0.880. The molecular formula is C9H8Br2O2. The maximum Gasteiger partial charge on any atom is 0.182 e. The summed E-state index contributed by atoms with van der Waals surface area (Å²) in [5.74, 6) is 1.67. The van der Waals surface area contributed by atoms with Crippen LogP contribution >= 0.6 is 31.9 Å². The molecule has 0 amide bonds. The highest BCUT2D eigenvalue weighted by atomic mass is 79.9. The van der Waals surface area contributed by atoms with E-state index >= 15 is 0 Å². The van der Waals surface area contributed by atoms with E-state index in [1.807, 2.05) is 0 Å². The number of alkyl halides is 2. The maximum atomic E-state index is 10.1. The van der Waals surface area contributed by atoms with E-state index in [1.165, 1.54) is 0 Å². The third-order valence-electron chi connectivity index (χ3n) is 5.85. The number of hydrogen-bond acceptors (Lipinski definition) is 2. The van der Waals surface area contributed by atoms with Crippen LogP contribution in [-0.4, -0.2) is 24.6 Å². The van der Waals surface area contributed by atoms with E-state index in [4.69, 9.17) is 0 Å². The Morgan fingerprint density at radius 3 is 1.62 bits per heavy atom. The fourth-order valence-electron chi connectivity index (χ4n) is 5.70. The van der Waals surface area contributed by atoms with Gasteiger partial charge in [0.2, 0.25) is 0 Å². The number of rotatable bonds is 0. The van der Waals surface area contributed by atoms with Crippen LogP contribution in [0.4, 0.5) is 0 Å². The Kier molecular flexibility index (Phi) is 0.740. The predicted octanol–water partition coefficient (Wildman–Crippen LogP) is 0.700. The number of halogens is 2. The molecule has 0 aromatic heterocycles. The van der Waals surface area contributed by atoms with Gasteiger partial charge in [0, 0.05) is 10.2 Å². The Morgan fingerprint density at radius 1 is 0.769 bits per heavy atom. The molecule has 2 bridgehead atoms. The van der Waals surface area contributed by atoms with Crippen LogP contribution in [0.15, 0.2) is 0 Å². The fourth-order valence-corrected chi connectivity index (χ4v) is 8.81. The Balaban J connectivity index is 1.85. The second-order valence-corrected chi connectivity index (χ2v) is 8.16. The van der Waals surface area contributed by atoms with Crippen LogP contribution in [0, 0.1) is 35.5 Å². The minimum absolute atomic E-state index is 0.159. The third kappa shape index (κ3) is 0.312. The van der Waals surface area contributed by atoms with Crippen LogP contribution in [0.3, 0.4) is 0 Å². The zero-order valence-electron chi connectivity index (χ0n) is 6.61. The van der Waals surface area contributed by atoms with E-state index in [9.17, 15) is 10.2 Å². The van der Waals surface area contributed by atoms with Crippen molar-refractivity contribution in [2.24, 2.45) is 35.5 Å². The smallest absolute Gasteiger partial charge is 0.182 e. The molecule has 0 spiro atoms. The third-order valence-corrected chi connectivity index (χ3v) is 9.08. The molecule has 0 aromatic carbocycles. The molecule has 13 heavy (non-hydrogen) atoms. The van der Waals surface area contributed by atoms with Crippen LogP contribution in [0.2, 0.25) is 0 Å². The minimum atomic E-state index is -1.41. The quantitative estimate of drug-likeness (QED) is 0.511. The lowest BCUT2D eigenvalue weighted by Crippen LogP contribution is -2.93. The zero-order chi connectivity index (χ0) is 8.96. The Bertz CT molecular complexity index is 360. The van der Waals surface area contributed by atoms with E-state index in [1.54, 1.807) is 0 Å². The molecule has 2 nitrogen and oxygen atoms in total. The molecule has 6 aliphatic rings. The van der Waals surface area contributed by atoms with Gasteiger partial charge in [-0.05, 0) is 29.6 Å². The van der Waals surface area contributed by atoms with Gasteiger partial charge in [-0.15, -0.1) is 0 Å². The molecule has 0 aliphatic heterocycles. The zero-order valence-corrected chi connectivity index (χ0v) is 9.79. The van der Waals surface area contributed by atoms with Crippen molar-refractivity contribution in [3.63, 3.8) is 0 Å². The van der Waals surface area contributed by atoms with Crippen molar-refractivity contribution in [3.8, 4) is 0 Å². The van der Waals surface area contributed by atoms with Gasteiger partial charge in [-0.2, -0.15) is 0 Å². The predicted molar refractivity (Wildman–Crippen MR) is 51.4 cm³/mol. The maximum absolute atomic E-state index is 10.1. The van der Waals surface area contributed by atoms with E-state index < -0.39 is 5.79 Å². The molecule has 6 aliphatic carbocycles. The SMILES string of the molecule is OC1(O)C2[C@@H]3[C@@H]4C5[C@@H]([C@H]2C53Br)C41Br. The van der Waals surface area contributed by atoms with Gasteiger partial charge < -0.3 is 10.2 Å². The van der Waals surface area contributed by atoms with E-state index in [-0.39, 0.29) is 10.2 Å². The molecule has 4 heteroatoms. The first-order valence-electron chi connectivity index (χ1n) is 4.81. The van der Waals surface area contributed by atoms with Crippen LogP contribution in [0.1, 0.15) is 0 Å². The largest absolute Gasteiger partial charge is 0.364 e. The molecule has 0 radical (unpaired) electrons. The van der Waals surface area contributed by atoms with Gasteiger partial charge in [-0.1, -0.05) is 31.9 Å². The first-order chi connectivity index (χ1) is 5.98. The van der Waals surface area contributed by atoms with Crippen LogP contribution in [-0.2, 0) is 0 Å². The Morgan fingerprint density at radius 2 is 1.23 bits per heavy atom. The average Bonchev–Trinajstić information content (AvgIpc) is 2.20. The summed E-state index contributed by atoms with van der Waals surface area (Å²) >= 11 is 7.42. The van der Waals surface area contributed by atoms with Crippen LogP contribution in [0.5, 0.6) is 0 Å². The van der Waals surface area contributed by atoms with Crippen LogP contribution < -0.4 is 0 Å². The van der Waals surface area contributed by atoms with Crippen molar-refractivity contribution in [1.82, 2.24) is 0 Å². The molecule has 0 aromatic rings. The lowest BCUT2D eigenvalue weighted by Gasteiger charge is -2.89. The van der Waals surface area contributed by atoms with Crippen molar-refractivity contribution in [2.75, 3.05) is 0 Å². The first kappa shape index (κ1) is 7.20. The monoisotopic (exact) mass is 306 g/mol. The highest BCUT2D eigenvalue weighted by Gasteiger charge is 3.07. The van der Waals surface area contributed by atoms with Gasteiger partial charge in [0.15, 0.2) is 5.79 Å². The molecule has 6 saturated carbocycles. The standard InChI is InChI=1S/C9H8Br2O2/c10-7-1-4-2(7)6-3(7)5(1)8(4,11)9(6,12)13/h1-6,12-13H/t1?,2-,3+,4-,5-,6?,7?,8?/m0/s1. The summed E-state index contributed by atoms with van der Waals surface area (Å²) in [7, 11) is 0. The van der Waals surface area contributed by atoms with E-state index in [0.717, 1.165) is 5.92 Å². The number of aliphatic hydroxyl groups is 2. The van der Waals surface area contributed by atoms with E-state index in [2.05, 4.69) is 31.9 Å². The second-order valence-electron chi connectivity index (χ2n) is 5.48. The topological polar surface area (TPSA) is 40.5 Å². The normalized spacial score (nSPS) is 87.7. The summed E-state index contributed by atoms with van der Waals surface area (Å²) in [6, 6.07) is 0. The lowest BCUT2D eigenvalue weighted by molar-refractivity contribution is -0.337. The summed E-state index contributed by atoms with van der Waals surface area (Å²) < 4.78 is 0.0255. The molecule has 6 fully saturated rings. The van der Waals surface area contributed by atoms with Gasteiger partial charge in [0.25, 0.3) is 0 Å². The van der Waals surface area contributed by atoms with Gasteiger partial charge in [0.05, 0.1) is 4.32 Å². The summed E-state index contributed by atoms with van der Waals surface area (Å²) in [4.78, 5) is 0. The minimum Gasteiger partial charge on any atom is -0.364 e. The number of hydrogen-bond donors (Lipinski definition) is 2. The van der Waals surface area contributed by atoms with Crippen molar-refractivity contribution in [3.05, 3.63) is 0 Å². The molecule has 0 saturated heterocycles. The van der Waals surface area contributed by atoms with Crippen molar-refractivity contribution < 1.29 is 10.2 Å². The van der Waals surface area contributed by atoms with Gasteiger partial charge in [-0.25, -0.2) is 0 Å². The first-order valence-corrected chi connectivity index (χ1v) is 6.39. The lowest BCUT2D eigenvalue weighted by atomic mass is 9.20. The molecule has 0 heterocycles. The second kappa shape index (κ2) is 1.34. The molecule has 4 unspecified atom stereocenters. The summed E-state index contributed by atoms with van der Waals surface area (Å²) in [5.41, 5.74) is 0. The molecule has 70 valence electrons. The summed E-state index contributed by atoms with van der Waals surface area (Å²) in [6.45, 7) is 0. The fraction of sp³-hybridized carbons (Fsp3) is 1.00. The molecule has 8 atom stereocenters. The van der Waals surface area contributed by atoms with Crippen LogP contribution in [0.25, 0.3) is 0 Å². The van der Waals surface area contributed by atoms with Crippen molar-refractivity contribution in [2.45, 2.75) is 14.4 Å². The highest BCUT2D eigenvalue weighted by Crippen LogP contribution is 3.02. The van der Waals surface area contributed by atoms with Gasteiger partial charge in [-0.3, -0.25) is 0 Å². The van der Waals surface area contributed by atoms with Gasteiger partial charge in [0.1, 0.15) is 0 Å². The average molecular weight is 308 g/mol. The molecule has 6 rings (SSSR count). The summed E-state index contributed by atoms with van der Waals surface area (Å²) in [6.07, 6.45) is 0. The summed E-state index contributed by atoms with van der Waals surface area (Å²) in [5, 5.41) is 20.1. The van der Waals surface area contributed by atoms with E-state index in [0.29, 0.717) is 28.0 Å². The van der Waals surface area contributed by atoms with Gasteiger partial charge >= 0.3 is 0 Å². The molecular weight excluding hydrogens is 300 g/mol. The highest BCUT2D eigenvalue weighted by molar-refractivity contribution is 9.10. The Labute approximate surface area is 92.0 Å². The molecule has 2 N–H and O–H groups in total. The van der Waals surface area contributed by atoms with Crippen molar-refractivity contribution in [1.29, 1.82) is 0 Å².